The van der Waals surface area contributed by atoms with Crippen LogP contribution in [-0.4, -0.2) is 48.9 Å². The Morgan fingerprint density at radius 3 is 2.28 bits per heavy atom. The summed E-state index contributed by atoms with van der Waals surface area (Å²) in [5.41, 5.74) is -0.457. The van der Waals surface area contributed by atoms with Crippen LogP contribution < -0.4 is 0 Å². The summed E-state index contributed by atoms with van der Waals surface area (Å²) in [4.78, 5) is 22.2. The highest BCUT2D eigenvalue weighted by Crippen LogP contribution is 2.21. The van der Waals surface area contributed by atoms with Gasteiger partial charge in [0, 0.05) is 6.42 Å². The van der Waals surface area contributed by atoms with Crippen molar-refractivity contribution in [1.29, 1.82) is 0 Å². The van der Waals surface area contributed by atoms with Gasteiger partial charge >= 0.3 is 11.9 Å². The van der Waals surface area contributed by atoms with Crippen LogP contribution in [0.15, 0.2) is 0 Å². The maximum atomic E-state index is 11.8. The molecule has 0 aromatic heterocycles. The molecule has 18 heavy (non-hydrogen) atoms. The molecule has 0 fully saturated rings. The molecular formula is C13H26NO4+. The van der Waals surface area contributed by atoms with E-state index in [-0.39, 0.29) is 19.1 Å². The third-order valence-electron chi connectivity index (χ3n) is 3.14. The van der Waals surface area contributed by atoms with Crippen LogP contribution in [0.25, 0.3) is 0 Å². The second-order valence-corrected chi connectivity index (χ2v) is 5.95. The second-order valence-electron chi connectivity index (χ2n) is 5.95. The Morgan fingerprint density at radius 2 is 1.83 bits per heavy atom. The van der Waals surface area contributed by atoms with E-state index in [1.54, 1.807) is 0 Å². The van der Waals surface area contributed by atoms with Crippen molar-refractivity contribution < 1.29 is 23.9 Å². The third-order valence-corrected chi connectivity index (χ3v) is 3.14. The van der Waals surface area contributed by atoms with E-state index in [4.69, 9.17) is 9.84 Å². The maximum Gasteiger partial charge on any atom is 0.315 e. The summed E-state index contributed by atoms with van der Waals surface area (Å²) in [5.74, 6) is -0.992. The van der Waals surface area contributed by atoms with Crippen LogP contribution in [0.4, 0.5) is 0 Å². The summed E-state index contributed by atoms with van der Waals surface area (Å²) in [6.07, 6.45) is 1.46. The van der Waals surface area contributed by atoms with Crippen molar-refractivity contribution in [3.63, 3.8) is 0 Å². The molecule has 0 spiro atoms. The molecule has 0 saturated heterocycles. The minimum atomic E-state index is -0.792. The first kappa shape index (κ1) is 16.9. The Labute approximate surface area is 109 Å². The highest BCUT2D eigenvalue weighted by Gasteiger charge is 2.29. The number of carboxylic acids is 1. The van der Waals surface area contributed by atoms with Crippen molar-refractivity contribution in [2.45, 2.75) is 40.0 Å². The molecule has 0 aromatic carbocycles. The van der Waals surface area contributed by atoms with E-state index in [1.807, 2.05) is 34.9 Å². The van der Waals surface area contributed by atoms with Crippen molar-refractivity contribution in [3.05, 3.63) is 0 Å². The number of esters is 1. The average molecular weight is 260 g/mol. The van der Waals surface area contributed by atoms with Crippen LogP contribution in [0.5, 0.6) is 0 Å². The molecule has 0 rings (SSSR count). The van der Waals surface area contributed by atoms with E-state index in [0.717, 1.165) is 6.42 Å². The van der Waals surface area contributed by atoms with E-state index in [9.17, 15) is 9.59 Å². The number of nitrogens with zero attached hydrogens (tertiary/aromatic N) is 1. The number of rotatable bonds is 8. The number of hydrogen-bond acceptors (Lipinski definition) is 3. The smallest absolute Gasteiger partial charge is 0.315 e. The van der Waals surface area contributed by atoms with Gasteiger partial charge in [0.2, 0.25) is 6.73 Å². The van der Waals surface area contributed by atoms with Gasteiger partial charge in [-0.15, -0.1) is 0 Å². The molecule has 106 valence electrons. The molecule has 5 nitrogen and oxygen atoms in total. The SMILES string of the molecule is CCC(C)(C)C(=O)OC[N+](C)(C)CCCC(=O)O. The summed E-state index contributed by atoms with van der Waals surface area (Å²) in [6.45, 7) is 6.63. The Bertz CT molecular complexity index is 297. The summed E-state index contributed by atoms with van der Waals surface area (Å²) >= 11 is 0. The molecule has 0 heterocycles. The minimum absolute atomic E-state index is 0.149. The van der Waals surface area contributed by atoms with Crippen LogP contribution in [0.3, 0.4) is 0 Å². The molecule has 0 unspecified atom stereocenters. The zero-order valence-electron chi connectivity index (χ0n) is 12.2. The highest BCUT2D eigenvalue weighted by atomic mass is 16.5. The third kappa shape index (κ3) is 6.59. The Kier molecular flexibility index (Phi) is 6.32. The van der Waals surface area contributed by atoms with Gasteiger partial charge in [-0.2, -0.15) is 0 Å². The minimum Gasteiger partial charge on any atom is -0.481 e. The standard InChI is InChI=1S/C13H25NO4/c1-6-13(2,3)12(17)18-10-14(4,5)9-7-8-11(15)16/h6-10H2,1-5H3/p+1. The fourth-order valence-electron chi connectivity index (χ4n) is 1.30. The molecule has 0 aliphatic carbocycles. The van der Waals surface area contributed by atoms with Gasteiger partial charge in [-0.3, -0.25) is 14.1 Å². The Balaban J connectivity index is 4.10. The number of carbonyl (C=O) groups excluding carboxylic acids is 1. The number of aliphatic carboxylic acids is 1. The number of ether oxygens (including phenoxy) is 1. The van der Waals surface area contributed by atoms with E-state index < -0.39 is 11.4 Å². The van der Waals surface area contributed by atoms with Gasteiger partial charge in [-0.25, -0.2) is 0 Å². The van der Waals surface area contributed by atoms with E-state index >= 15 is 0 Å². The zero-order valence-corrected chi connectivity index (χ0v) is 12.2. The molecule has 0 amide bonds. The molecule has 0 radical (unpaired) electrons. The van der Waals surface area contributed by atoms with Crippen molar-refractivity contribution >= 4 is 11.9 Å². The molecule has 0 aliphatic heterocycles. The quantitative estimate of drug-likeness (QED) is 0.411. The molecule has 5 heteroatoms. The normalized spacial score (nSPS) is 12.3. The van der Waals surface area contributed by atoms with Gasteiger partial charge in [0.25, 0.3) is 0 Å². The van der Waals surface area contributed by atoms with E-state index in [0.29, 0.717) is 17.4 Å². The van der Waals surface area contributed by atoms with Crippen LogP contribution in [0.1, 0.15) is 40.0 Å². The van der Waals surface area contributed by atoms with Gasteiger partial charge in [0.05, 0.1) is 32.5 Å². The van der Waals surface area contributed by atoms with Crippen LogP contribution in [0.2, 0.25) is 0 Å². The molecule has 1 N–H and O–H groups in total. The largest absolute Gasteiger partial charge is 0.481 e. The fraction of sp³-hybridized carbons (Fsp3) is 0.846. The van der Waals surface area contributed by atoms with Crippen LogP contribution in [0, 0.1) is 5.41 Å². The van der Waals surface area contributed by atoms with Gasteiger partial charge in [-0.05, 0) is 20.3 Å². The van der Waals surface area contributed by atoms with Crippen molar-refractivity contribution in [3.8, 4) is 0 Å². The molecular weight excluding hydrogens is 234 g/mol. The predicted molar refractivity (Wildman–Crippen MR) is 68.9 cm³/mol. The Hall–Kier alpha value is -1.10. The highest BCUT2D eigenvalue weighted by molar-refractivity contribution is 5.75. The summed E-state index contributed by atoms with van der Waals surface area (Å²) < 4.78 is 5.79. The topological polar surface area (TPSA) is 63.6 Å². The summed E-state index contributed by atoms with van der Waals surface area (Å²) in [7, 11) is 3.85. The number of quaternary nitrogens is 1. The van der Waals surface area contributed by atoms with Crippen LogP contribution >= 0.6 is 0 Å². The van der Waals surface area contributed by atoms with E-state index in [1.165, 1.54) is 0 Å². The number of carboxylic acid groups (broad SMARTS) is 1. The Morgan fingerprint density at radius 1 is 1.28 bits per heavy atom. The van der Waals surface area contributed by atoms with E-state index in [2.05, 4.69) is 0 Å². The summed E-state index contributed by atoms with van der Waals surface area (Å²) in [5, 5.41) is 8.57. The molecule has 0 saturated carbocycles. The molecule has 0 atom stereocenters. The first-order valence-corrected chi connectivity index (χ1v) is 6.32. The van der Waals surface area contributed by atoms with Gasteiger partial charge in [0.15, 0.2) is 0 Å². The van der Waals surface area contributed by atoms with Gasteiger partial charge in [-0.1, -0.05) is 6.92 Å². The number of carbonyl (C=O) groups is 2. The predicted octanol–water partition coefficient (Wildman–Crippen LogP) is 1.86. The molecule has 0 aromatic rings. The van der Waals surface area contributed by atoms with Gasteiger partial charge in [0.1, 0.15) is 0 Å². The maximum absolute atomic E-state index is 11.8. The fourth-order valence-corrected chi connectivity index (χ4v) is 1.30. The lowest BCUT2D eigenvalue weighted by molar-refractivity contribution is -0.907. The van der Waals surface area contributed by atoms with Crippen molar-refractivity contribution in [2.75, 3.05) is 27.4 Å². The van der Waals surface area contributed by atoms with Gasteiger partial charge < -0.3 is 9.84 Å². The first-order chi connectivity index (χ1) is 8.10. The lowest BCUT2D eigenvalue weighted by Crippen LogP contribution is -2.44. The van der Waals surface area contributed by atoms with Crippen molar-refractivity contribution in [1.82, 2.24) is 0 Å². The zero-order chi connectivity index (χ0) is 14.4. The molecule has 0 aliphatic rings. The first-order valence-electron chi connectivity index (χ1n) is 6.32. The molecule has 0 bridgehead atoms. The van der Waals surface area contributed by atoms with Crippen molar-refractivity contribution in [2.24, 2.45) is 5.41 Å². The lowest BCUT2D eigenvalue weighted by Gasteiger charge is -2.30. The lowest BCUT2D eigenvalue weighted by atomic mass is 9.91. The van der Waals surface area contributed by atoms with Crippen LogP contribution in [-0.2, 0) is 14.3 Å². The second kappa shape index (κ2) is 6.73. The monoisotopic (exact) mass is 260 g/mol. The number of hydrogen-bond donors (Lipinski definition) is 1. The summed E-state index contributed by atoms with van der Waals surface area (Å²) in [6, 6.07) is 0. The average Bonchev–Trinajstić information content (AvgIpc) is 2.25.